The van der Waals surface area contributed by atoms with E-state index in [4.69, 9.17) is 10.5 Å². The maximum Gasteiger partial charge on any atom is 0.224 e. The van der Waals surface area contributed by atoms with Gasteiger partial charge in [0.2, 0.25) is 5.91 Å². The Labute approximate surface area is 124 Å². The number of nitrogen functional groups attached to an aromatic ring is 1. The number of hydrogen-bond acceptors (Lipinski definition) is 3. The van der Waals surface area contributed by atoms with Crippen LogP contribution in [0, 0.1) is 0 Å². The van der Waals surface area contributed by atoms with Gasteiger partial charge < -0.3 is 15.8 Å². The van der Waals surface area contributed by atoms with E-state index in [0.717, 1.165) is 16.9 Å². The predicted molar refractivity (Wildman–Crippen MR) is 84.1 cm³/mol. The van der Waals surface area contributed by atoms with Crippen LogP contribution in [0.3, 0.4) is 0 Å². The molecule has 3 N–H and O–H groups in total. The number of ether oxygens (including phenoxy) is 1. The van der Waals surface area contributed by atoms with Crippen molar-refractivity contribution in [1.29, 1.82) is 0 Å². The summed E-state index contributed by atoms with van der Waals surface area (Å²) in [4.78, 5) is 12.0. The van der Waals surface area contributed by atoms with E-state index in [1.54, 1.807) is 19.2 Å². The molecule has 2 aromatic rings. The highest BCUT2D eigenvalue weighted by atomic mass is 16.5. The lowest BCUT2D eigenvalue weighted by Gasteiger charge is -2.15. The number of anilines is 1. The molecule has 1 unspecified atom stereocenters. The summed E-state index contributed by atoms with van der Waals surface area (Å²) < 4.78 is 5.12. The molecule has 0 aromatic heterocycles. The molecule has 2 rings (SSSR count). The monoisotopic (exact) mass is 284 g/mol. The van der Waals surface area contributed by atoms with Crippen molar-refractivity contribution in [3.05, 3.63) is 59.7 Å². The smallest absolute Gasteiger partial charge is 0.224 e. The summed E-state index contributed by atoms with van der Waals surface area (Å²) in [6.07, 6.45) is 0.348. The van der Waals surface area contributed by atoms with Crippen LogP contribution in [0.1, 0.15) is 24.1 Å². The minimum atomic E-state index is -0.0443. The minimum absolute atomic E-state index is 0.0110. The standard InChI is InChI=1S/C17H20N2O2/c1-12(14-5-9-16(21-2)10-6-14)19-17(20)11-13-3-7-15(18)8-4-13/h3-10,12H,11,18H2,1-2H3,(H,19,20). The van der Waals surface area contributed by atoms with Gasteiger partial charge in [0, 0.05) is 5.69 Å². The van der Waals surface area contributed by atoms with Gasteiger partial charge in [-0.2, -0.15) is 0 Å². The molecule has 0 aliphatic rings. The topological polar surface area (TPSA) is 64.3 Å². The Kier molecular flexibility index (Phi) is 4.82. The van der Waals surface area contributed by atoms with E-state index in [-0.39, 0.29) is 11.9 Å². The predicted octanol–water partition coefficient (Wildman–Crippen LogP) is 2.70. The van der Waals surface area contributed by atoms with Crippen molar-refractivity contribution in [3.8, 4) is 5.75 Å². The highest BCUT2D eigenvalue weighted by Crippen LogP contribution is 2.17. The molecular weight excluding hydrogens is 264 g/mol. The van der Waals surface area contributed by atoms with Gasteiger partial charge in [0.15, 0.2) is 0 Å². The highest BCUT2D eigenvalue weighted by molar-refractivity contribution is 5.79. The summed E-state index contributed by atoms with van der Waals surface area (Å²) in [5, 5.41) is 2.99. The van der Waals surface area contributed by atoms with Gasteiger partial charge in [0.25, 0.3) is 0 Å². The van der Waals surface area contributed by atoms with Crippen molar-refractivity contribution >= 4 is 11.6 Å². The lowest BCUT2D eigenvalue weighted by atomic mass is 10.1. The Morgan fingerprint density at radius 3 is 2.33 bits per heavy atom. The molecule has 4 nitrogen and oxygen atoms in total. The molecule has 0 aliphatic heterocycles. The van der Waals surface area contributed by atoms with E-state index < -0.39 is 0 Å². The maximum atomic E-state index is 12.0. The summed E-state index contributed by atoms with van der Waals surface area (Å²) in [5.74, 6) is 0.794. The molecule has 0 spiro atoms. The largest absolute Gasteiger partial charge is 0.497 e. The quantitative estimate of drug-likeness (QED) is 0.830. The first-order valence-electron chi connectivity index (χ1n) is 6.86. The summed E-state index contributed by atoms with van der Waals surface area (Å²) in [6.45, 7) is 1.96. The van der Waals surface area contributed by atoms with E-state index in [9.17, 15) is 4.79 Å². The second kappa shape index (κ2) is 6.79. The van der Waals surface area contributed by atoms with Crippen LogP contribution in [0.15, 0.2) is 48.5 Å². The number of amides is 1. The van der Waals surface area contributed by atoms with Gasteiger partial charge in [-0.25, -0.2) is 0 Å². The van der Waals surface area contributed by atoms with Gasteiger partial charge in [-0.1, -0.05) is 24.3 Å². The van der Waals surface area contributed by atoms with E-state index in [1.807, 2.05) is 43.3 Å². The zero-order valence-corrected chi connectivity index (χ0v) is 12.3. The molecule has 0 saturated carbocycles. The number of methoxy groups -OCH3 is 1. The normalized spacial score (nSPS) is 11.7. The molecule has 1 atom stereocenters. The van der Waals surface area contributed by atoms with Gasteiger partial charge in [-0.15, -0.1) is 0 Å². The van der Waals surface area contributed by atoms with Crippen LogP contribution in [0.4, 0.5) is 5.69 Å². The first-order chi connectivity index (χ1) is 10.1. The number of rotatable bonds is 5. The summed E-state index contributed by atoms with van der Waals surface area (Å²) in [5.41, 5.74) is 8.32. The summed E-state index contributed by atoms with van der Waals surface area (Å²) in [6, 6.07) is 15.0. The van der Waals surface area contributed by atoms with Crippen molar-refractivity contribution in [1.82, 2.24) is 5.32 Å². The van der Waals surface area contributed by atoms with E-state index in [1.165, 1.54) is 0 Å². The van der Waals surface area contributed by atoms with Gasteiger partial charge in [0.1, 0.15) is 5.75 Å². The molecule has 0 saturated heterocycles. The van der Waals surface area contributed by atoms with Gasteiger partial charge in [-0.3, -0.25) is 4.79 Å². The fraction of sp³-hybridized carbons (Fsp3) is 0.235. The molecule has 0 bridgehead atoms. The van der Waals surface area contributed by atoms with Gasteiger partial charge >= 0.3 is 0 Å². The molecule has 0 fully saturated rings. The number of hydrogen-bond donors (Lipinski definition) is 2. The Morgan fingerprint density at radius 1 is 1.14 bits per heavy atom. The Balaban J connectivity index is 1.93. The van der Waals surface area contributed by atoms with Crippen LogP contribution in [0.2, 0.25) is 0 Å². The second-order valence-electron chi connectivity index (χ2n) is 4.98. The van der Waals surface area contributed by atoms with Crippen molar-refractivity contribution in [2.45, 2.75) is 19.4 Å². The molecule has 0 radical (unpaired) electrons. The molecular formula is C17H20N2O2. The third-order valence-electron chi connectivity index (χ3n) is 3.34. The lowest BCUT2D eigenvalue weighted by molar-refractivity contribution is -0.121. The van der Waals surface area contributed by atoms with Crippen LogP contribution in [-0.4, -0.2) is 13.0 Å². The Bertz CT molecular complexity index is 591. The molecule has 0 heterocycles. The van der Waals surface area contributed by atoms with Gasteiger partial charge in [-0.05, 0) is 42.3 Å². The Morgan fingerprint density at radius 2 is 1.76 bits per heavy atom. The van der Waals surface area contributed by atoms with Crippen LogP contribution < -0.4 is 15.8 Å². The van der Waals surface area contributed by atoms with Crippen LogP contribution in [0.25, 0.3) is 0 Å². The van der Waals surface area contributed by atoms with E-state index in [0.29, 0.717) is 12.1 Å². The number of carbonyl (C=O) groups excluding carboxylic acids is 1. The van der Waals surface area contributed by atoms with Crippen molar-refractivity contribution < 1.29 is 9.53 Å². The number of carbonyl (C=O) groups is 1. The van der Waals surface area contributed by atoms with Crippen molar-refractivity contribution in [2.24, 2.45) is 0 Å². The molecule has 2 aromatic carbocycles. The van der Waals surface area contributed by atoms with E-state index >= 15 is 0 Å². The van der Waals surface area contributed by atoms with E-state index in [2.05, 4.69) is 5.32 Å². The first kappa shape index (κ1) is 14.9. The summed E-state index contributed by atoms with van der Waals surface area (Å²) >= 11 is 0. The fourth-order valence-electron chi connectivity index (χ4n) is 2.09. The number of nitrogens with two attached hydrogens (primary N) is 1. The van der Waals surface area contributed by atoms with Crippen molar-refractivity contribution in [3.63, 3.8) is 0 Å². The molecule has 110 valence electrons. The average Bonchev–Trinajstić information content (AvgIpc) is 2.49. The van der Waals surface area contributed by atoms with Crippen LogP contribution in [-0.2, 0) is 11.2 Å². The average molecular weight is 284 g/mol. The zero-order valence-electron chi connectivity index (χ0n) is 12.3. The highest BCUT2D eigenvalue weighted by Gasteiger charge is 2.10. The van der Waals surface area contributed by atoms with Crippen molar-refractivity contribution in [2.75, 3.05) is 12.8 Å². The third-order valence-corrected chi connectivity index (χ3v) is 3.34. The summed E-state index contributed by atoms with van der Waals surface area (Å²) in [7, 11) is 1.63. The molecule has 4 heteroatoms. The lowest BCUT2D eigenvalue weighted by Crippen LogP contribution is -2.28. The number of benzene rings is 2. The minimum Gasteiger partial charge on any atom is -0.497 e. The molecule has 0 aliphatic carbocycles. The van der Waals surface area contributed by atoms with Crippen LogP contribution in [0.5, 0.6) is 5.75 Å². The molecule has 21 heavy (non-hydrogen) atoms. The Hall–Kier alpha value is -2.49. The second-order valence-corrected chi connectivity index (χ2v) is 4.98. The number of nitrogens with one attached hydrogen (secondary N) is 1. The SMILES string of the molecule is COc1ccc(C(C)NC(=O)Cc2ccc(N)cc2)cc1. The zero-order chi connectivity index (χ0) is 15.2. The van der Waals surface area contributed by atoms with Crippen LogP contribution >= 0.6 is 0 Å². The fourth-order valence-corrected chi connectivity index (χ4v) is 2.09. The van der Waals surface area contributed by atoms with Gasteiger partial charge in [0.05, 0.1) is 19.6 Å². The third kappa shape index (κ3) is 4.24. The first-order valence-corrected chi connectivity index (χ1v) is 6.86. The maximum absolute atomic E-state index is 12.0. The molecule has 1 amide bonds.